The maximum atomic E-state index is 11.5. The molecule has 0 spiro atoms. The lowest BCUT2D eigenvalue weighted by Gasteiger charge is -1.99. The molecule has 2 heterocycles. The lowest BCUT2D eigenvalue weighted by atomic mass is 10.3. The second-order valence-corrected chi connectivity index (χ2v) is 3.76. The first-order valence-electron chi connectivity index (χ1n) is 4.23. The van der Waals surface area contributed by atoms with Crippen LogP contribution >= 0.6 is 11.3 Å². The SMILES string of the molecule is Nc1nc(CC(=O)Nc2ccn[nH]2)cs1. The third-order valence-corrected chi connectivity index (χ3v) is 2.41. The van der Waals surface area contributed by atoms with Gasteiger partial charge in [0.05, 0.1) is 18.3 Å². The summed E-state index contributed by atoms with van der Waals surface area (Å²) in [6.45, 7) is 0. The molecule has 0 saturated heterocycles. The predicted molar refractivity (Wildman–Crippen MR) is 57.4 cm³/mol. The largest absolute Gasteiger partial charge is 0.375 e. The van der Waals surface area contributed by atoms with Crippen molar-refractivity contribution in [2.24, 2.45) is 0 Å². The summed E-state index contributed by atoms with van der Waals surface area (Å²) < 4.78 is 0. The van der Waals surface area contributed by atoms with E-state index < -0.39 is 0 Å². The van der Waals surface area contributed by atoms with Crippen molar-refractivity contribution in [2.45, 2.75) is 6.42 Å². The normalized spacial score (nSPS) is 10.1. The van der Waals surface area contributed by atoms with Gasteiger partial charge in [-0.3, -0.25) is 9.89 Å². The Morgan fingerprint density at radius 1 is 1.67 bits per heavy atom. The number of aromatic nitrogens is 3. The molecule has 0 aliphatic rings. The van der Waals surface area contributed by atoms with Gasteiger partial charge in [-0.25, -0.2) is 4.98 Å². The van der Waals surface area contributed by atoms with Gasteiger partial charge in [0.2, 0.25) is 5.91 Å². The number of hydrogen-bond acceptors (Lipinski definition) is 5. The van der Waals surface area contributed by atoms with Crippen molar-refractivity contribution >= 4 is 28.2 Å². The zero-order valence-electron chi connectivity index (χ0n) is 7.73. The maximum absolute atomic E-state index is 11.5. The van der Waals surface area contributed by atoms with Crippen LogP contribution in [-0.2, 0) is 11.2 Å². The number of nitrogens with one attached hydrogen (secondary N) is 2. The molecule has 15 heavy (non-hydrogen) atoms. The van der Waals surface area contributed by atoms with Crippen LogP contribution in [0.3, 0.4) is 0 Å². The Balaban J connectivity index is 1.93. The summed E-state index contributed by atoms with van der Waals surface area (Å²) in [6, 6.07) is 1.67. The fourth-order valence-electron chi connectivity index (χ4n) is 1.09. The summed E-state index contributed by atoms with van der Waals surface area (Å²) in [5.74, 6) is 0.424. The van der Waals surface area contributed by atoms with E-state index in [1.165, 1.54) is 11.3 Å². The van der Waals surface area contributed by atoms with Gasteiger partial charge < -0.3 is 11.1 Å². The van der Waals surface area contributed by atoms with Crippen LogP contribution in [0.2, 0.25) is 0 Å². The molecule has 0 radical (unpaired) electrons. The van der Waals surface area contributed by atoms with Gasteiger partial charge in [-0.15, -0.1) is 11.3 Å². The zero-order valence-corrected chi connectivity index (χ0v) is 8.54. The Morgan fingerprint density at radius 2 is 2.53 bits per heavy atom. The number of carbonyl (C=O) groups excluding carboxylic acids is 1. The van der Waals surface area contributed by atoms with E-state index in [9.17, 15) is 4.79 Å². The van der Waals surface area contributed by atoms with Crippen LogP contribution in [0.15, 0.2) is 17.6 Å². The minimum Gasteiger partial charge on any atom is -0.375 e. The monoisotopic (exact) mass is 223 g/mol. The molecule has 0 fully saturated rings. The van der Waals surface area contributed by atoms with E-state index in [4.69, 9.17) is 5.73 Å². The molecule has 7 heteroatoms. The van der Waals surface area contributed by atoms with E-state index >= 15 is 0 Å². The molecular weight excluding hydrogens is 214 g/mol. The molecule has 4 N–H and O–H groups in total. The summed E-state index contributed by atoms with van der Waals surface area (Å²) >= 11 is 1.32. The summed E-state index contributed by atoms with van der Waals surface area (Å²) in [6.07, 6.45) is 1.78. The first-order chi connectivity index (χ1) is 7.24. The molecule has 1 amide bonds. The highest BCUT2D eigenvalue weighted by Gasteiger charge is 2.07. The molecule has 0 bridgehead atoms. The molecule has 0 unspecified atom stereocenters. The number of carbonyl (C=O) groups is 1. The Bertz CT molecular complexity index is 449. The van der Waals surface area contributed by atoms with Gasteiger partial charge >= 0.3 is 0 Å². The number of nitrogen functional groups attached to an aromatic ring is 1. The van der Waals surface area contributed by atoms with Crippen LogP contribution in [0.25, 0.3) is 0 Å². The van der Waals surface area contributed by atoms with Crippen molar-refractivity contribution in [3.8, 4) is 0 Å². The standard InChI is InChI=1S/C8H9N5OS/c9-8-11-5(4-15-8)3-7(14)12-6-1-2-10-13-6/h1-2,4H,3H2,(H2,9,11)(H2,10,12,13,14). The molecule has 78 valence electrons. The van der Waals surface area contributed by atoms with Gasteiger partial charge in [0, 0.05) is 11.4 Å². The molecule has 0 saturated carbocycles. The Labute approximate surface area is 89.5 Å². The van der Waals surface area contributed by atoms with Crippen molar-refractivity contribution in [1.29, 1.82) is 0 Å². The topological polar surface area (TPSA) is 96.7 Å². The van der Waals surface area contributed by atoms with E-state index in [-0.39, 0.29) is 12.3 Å². The van der Waals surface area contributed by atoms with Crippen LogP contribution in [0.1, 0.15) is 5.69 Å². The predicted octanol–water partition coefficient (Wildman–Crippen LogP) is 0.630. The highest BCUT2D eigenvalue weighted by molar-refractivity contribution is 7.13. The summed E-state index contributed by atoms with van der Waals surface area (Å²) in [5.41, 5.74) is 6.13. The van der Waals surface area contributed by atoms with Gasteiger partial charge in [-0.05, 0) is 0 Å². The quantitative estimate of drug-likeness (QED) is 0.711. The minimum absolute atomic E-state index is 0.149. The van der Waals surface area contributed by atoms with Crippen molar-refractivity contribution < 1.29 is 4.79 Å². The zero-order chi connectivity index (χ0) is 10.7. The molecule has 2 aromatic rings. The van der Waals surface area contributed by atoms with Crippen LogP contribution in [0.5, 0.6) is 0 Å². The molecule has 2 aromatic heterocycles. The molecule has 2 rings (SSSR count). The van der Waals surface area contributed by atoms with Gasteiger partial charge in [0.25, 0.3) is 0 Å². The molecule has 0 aliphatic carbocycles. The molecule has 0 aliphatic heterocycles. The Hall–Kier alpha value is -1.89. The van der Waals surface area contributed by atoms with E-state index in [0.717, 1.165) is 0 Å². The number of H-pyrrole nitrogens is 1. The maximum Gasteiger partial charge on any atom is 0.231 e. The smallest absolute Gasteiger partial charge is 0.231 e. The first-order valence-corrected chi connectivity index (χ1v) is 5.11. The fraction of sp³-hybridized carbons (Fsp3) is 0.125. The number of anilines is 2. The number of rotatable bonds is 3. The van der Waals surface area contributed by atoms with Gasteiger partial charge in [-0.1, -0.05) is 0 Å². The number of aromatic amines is 1. The third kappa shape index (κ3) is 2.53. The number of amides is 1. The number of nitrogens with two attached hydrogens (primary N) is 1. The second kappa shape index (κ2) is 4.09. The van der Waals surface area contributed by atoms with E-state index in [1.807, 2.05) is 0 Å². The number of hydrogen-bond donors (Lipinski definition) is 3. The van der Waals surface area contributed by atoms with Crippen molar-refractivity contribution in [3.63, 3.8) is 0 Å². The van der Waals surface area contributed by atoms with Crippen molar-refractivity contribution in [3.05, 3.63) is 23.3 Å². The van der Waals surface area contributed by atoms with Gasteiger partial charge in [0.1, 0.15) is 5.82 Å². The second-order valence-electron chi connectivity index (χ2n) is 2.87. The van der Waals surface area contributed by atoms with Crippen LogP contribution < -0.4 is 11.1 Å². The fourth-order valence-corrected chi connectivity index (χ4v) is 1.65. The summed E-state index contributed by atoms with van der Waals surface area (Å²) in [7, 11) is 0. The van der Waals surface area contributed by atoms with Gasteiger partial charge in [-0.2, -0.15) is 5.10 Å². The Morgan fingerprint density at radius 3 is 3.13 bits per heavy atom. The first kappa shape index (κ1) is 9.66. The van der Waals surface area contributed by atoms with Crippen LogP contribution in [-0.4, -0.2) is 21.1 Å². The highest BCUT2D eigenvalue weighted by atomic mass is 32.1. The number of nitrogens with zero attached hydrogens (tertiary/aromatic N) is 2. The van der Waals surface area contributed by atoms with Crippen molar-refractivity contribution in [1.82, 2.24) is 15.2 Å². The van der Waals surface area contributed by atoms with E-state index in [1.54, 1.807) is 17.6 Å². The molecular formula is C8H9N5OS. The lowest BCUT2D eigenvalue weighted by Crippen LogP contribution is -2.14. The number of thiazole rings is 1. The van der Waals surface area contributed by atoms with Crippen LogP contribution in [0, 0.1) is 0 Å². The average Bonchev–Trinajstić information content (AvgIpc) is 2.77. The average molecular weight is 223 g/mol. The van der Waals surface area contributed by atoms with Gasteiger partial charge in [0.15, 0.2) is 5.13 Å². The lowest BCUT2D eigenvalue weighted by molar-refractivity contribution is -0.115. The molecule has 0 aromatic carbocycles. The summed E-state index contributed by atoms with van der Waals surface area (Å²) in [4.78, 5) is 15.4. The Kier molecular flexibility index (Phi) is 2.64. The molecule has 0 atom stereocenters. The summed E-state index contributed by atoms with van der Waals surface area (Å²) in [5, 5.41) is 11.2. The minimum atomic E-state index is -0.149. The van der Waals surface area contributed by atoms with E-state index in [2.05, 4.69) is 20.5 Å². The third-order valence-electron chi connectivity index (χ3n) is 1.69. The van der Waals surface area contributed by atoms with Crippen molar-refractivity contribution in [2.75, 3.05) is 11.1 Å². The van der Waals surface area contributed by atoms with Crippen LogP contribution in [0.4, 0.5) is 10.9 Å². The molecule has 6 nitrogen and oxygen atoms in total. The van der Waals surface area contributed by atoms with E-state index in [0.29, 0.717) is 16.6 Å². The highest BCUT2D eigenvalue weighted by Crippen LogP contribution is 2.11.